The van der Waals surface area contributed by atoms with E-state index in [9.17, 15) is 4.79 Å². The lowest BCUT2D eigenvalue weighted by Gasteiger charge is -2.22. The number of nitrogens with zero attached hydrogens (tertiary/aromatic N) is 3. The van der Waals surface area contributed by atoms with Crippen LogP contribution in [0.3, 0.4) is 0 Å². The summed E-state index contributed by atoms with van der Waals surface area (Å²) in [6.45, 7) is 6.64. The van der Waals surface area contributed by atoms with E-state index in [1.807, 2.05) is 31.2 Å². The van der Waals surface area contributed by atoms with Crippen LogP contribution in [0.15, 0.2) is 36.4 Å². The first-order chi connectivity index (χ1) is 14.9. The van der Waals surface area contributed by atoms with Crippen LogP contribution in [0.25, 0.3) is 10.6 Å². The summed E-state index contributed by atoms with van der Waals surface area (Å²) >= 11 is 1.40. The number of carbonyl (C=O) groups is 1. The molecule has 0 aliphatic rings. The molecule has 1 heterocycles. The second-order valence-electron chi connectivity index (χ2n) is 7.43. The maximum atomic E-state index is 13.5. The highest BCUT2D eigenvalue weighted by Gasteiger charge is 2.26. The zero-order valence-corrected chi connectivity index (χ0v) is 19.4. The third-order valence-electron chi connectivity index (χ3n) is 4.73. The van der Waals surface area contributed by atoms with Crippen molar-refractivity contribution in [3.05, 3.63) is 47.5 Å². The number of hydrogen-bond acceptors (Lipinski definition) is 7. The van der Waals surface area contributed by atoms with Gasteiger partial charge in [0, 0.05) is 17.7 Å². The summed E-state index contributed by atoms with van der Waals surface area (Å²) in [5.41, 5.74) is 2.54. The summed E-state index contributed by atoms with van der Waals surface area (Å²) in [7, 11) is 4.58. The van der Waals surface area contributed by atoms with Gasteiger partial charge >= 0.3 is 0 Å². The Bertz CT molecular complexity index is 1040. The fourth-order valence-corrected chi connectivity index (χ4v) is 4.16. The van der Waals surface area contributed by atoms with Gasteiger partial charge in [-0.05, 0) is 30.5 Å². The summed E-state index contributed by atoms with van der Waals surface area (Å²) in [5, 5.41) is 10.0. The third-order valence-corrected chi connectivity index (χ3v) is 5.70. The summed E-state index contributed by atoms with van der Waals surface area (Å²) in [6.07, 6.45) is 0. The molecule has 0 radical (unpaired) electrons. The van der Waals surface area contributed by atoms with Crippen molar-refractivity contribution >= 4 is 22.4 Å². The number of methoxy groups -OCH3 is 3. The minimum absolute atomic E-state index is 0.208. The molecule has 8 heteroatoms. The second-order valence-corrected chi connectivity index (χ2v) is 8.38. The van der Waals surface area contributed by atoms with Crippen LogP contribution in [-0.2, 0) is 0 Å². The van der Waals surface area contributed by atoms with E-state index in [-0.39, 0.29) is 11.8 Å². The summed E-state index contributed by atoms with van der Waals surface area (Å²) in [5.74, 6) is 1.31. The van der Waals surface area contributed by atoms with Gasteiger partial charge in [0.05, 0.1) is 21.3 Å². The smallest absolute Gasteiger partial charge is 0.260 e. The molecule has 3 rings (SSSR count). The first-order valence-corrected chi connectivity index (χ1v) is 10.7. The molecule has 0 bridgehead atoms. The lowest BCUT2D eigenvalue weighted by molar-refractivity contribution is 0.0983. The normalized spacial score (nSPS) is 10.8. The quantitative estimate of drug-likeness (QED) is 0.498. The Morgan fingerprint density at radius 2 is 1.68 bits per heavy atom. The van der Waals surface area contributed by atoms with Crippen LogP contribution < -0.4 is 19.1 Å². The van der Waals surface area contributed by atoms with Gasteiger partial charge in [0.2, 0.25) is 10.9 Å². The first kappa shape index (κ1) is 22.6. The molecule has 0 saturated carbocycles. The van der Waals surface area contributed by atoms with E-state index in [4.69, 9.17) is 14.2 Å². The molecule has 0 fully saturated rings. The van der Waals surface area contributed by atoms with E-state index in [2.05, 4.69) is 24.0 Å². The van der Waals surface area contributed by atoms with Crippen molar-refractivity contribution in [1.82, 2.24) is 10.2 Å². The standard InChI is InChI=1S/C23H27N3O4S/c1-14(2)13-26(23-25-24-21(31-23)17-10-8-7-9-15(17)3)22(27)16-11-18(28-4)20(30-6)19(12-16)29-5/h7-12,14H,13H2,1-6H3. The van der Waals surface area contributed by atoms with Crippen molar-refractivity contribution in [3.63, 3.8) is 0 Å². The average Bonchev–Trinajstić information content (AvgIpc) is 3.25. The van der Waals surface area contributed by atoms with Crippen molar-refractivity contribution in [2.75, 3.05) is 32.8 Å². The van der Waals surface area contributed by atoms with Gasteiger partial charge in [0.25, 0.3) is 5.91 Å². The Hall–Kier alpha value is -3.13. The Labute approximate surface area is 186 Å². The van der Waals surface area contributed by atoms with Crippen molar-refractivity contribution in [3.8, 4) is 27.8 Å². The van der Waals surface area contributed by atoms with Crippen molar-refractivity contribution in [2.24, 2.45) is 5.92 Å². The molecule has 7 nitrogen and oxygen atoms in total. The molecule has 0 spiro atoms. The van der Waals surface area contributed by atoms with Crippen LogP contribution >= 0.6 is 11.3 Å². The number of rotatable bonds is 8. The van der Waals surface area contributed by atoms with E-state index in [0.29, 0.717) is 34.5 Å². The molecule has 31 heavy (non-hydrogen) atoms. The van der Waals surface area contributed by atoms with Crippen molar-refractivity contribution < 1.29 is 19.0 Å². The fourth-order valence-electron chi connectivity index (χ4n) is 3.22. The molecular weight excluding hydrogens is 414 g/mol. The van der Waals surface area contributed by atoms with E-state index in [1.54, 1.807) is 17.0 Å². The Kier molecular flexibility index (Phi) is 7.12. The molecule has 164 valence electrons. The number of anilines is 1. The minimum atomic E-state index is -0.208. The van der Waals surface area contributed by atoms with Gasteiger partial charge < -0.3 is 14.2 Å². The topological polar surface area (TPSA) is 73.8 Å². The lowest BCUT2D eigenvalue weighted by atomic mass is 10.1. The second kappa shape index (κ2) is 9.78. The van der Waals surface area contributed by atoms with E-state index in [1.165, 1.54) is 32.7 Å². The highest BCUT2D eigenvalue weighted by atomic mass is 32.1. The maximum Gasteiger partial charge on any atom is 0.260 e. The van der Waals surface area contributed by atoms with Gasteiger partial charge in [-0.25, -0.2) is 0 Å². The number of carbonyl (C=O) groups excluding carboxylic acids is 1. The van der Waals surface area contributed by atoms with Gasteiger partial charge in [0.1, 0.15) is 5.01 Å². The Morgan fingerprint density at radius 3 is 2.23 bits per heavy atom. The number of benzene rings is 2. The lowest BCUT2D eigenvalue weighted by Crippen LogP contribution is -2.34. The van der Waals surface area contributed by atoms with Crippen LogP contribution in [0.1, 0.15) is 29.8 Å². The largest absolute Gasteiger partial charge is 0.493 e. The molecule has 0 saturated heterocycles. The minimum Gasteiger partial charge on any atom is -0.493 e. The van der Waals surface area contributed by atoms with Gasteiger partial charge in [0.15, 0.2) is 11.5 Å². The average molecular weight is 442 g/mol. The highest BCUT2D eigenvalue weighted by molar-refractivity contribution is 7.18. The summed E-state index contributed by atoms with van der Waals surface area (Å²) < 4.78 is 16.2. The number of hydrogen-bond donors (Lipinski definition) is 0. The number of aryl methyl sites for hydroxylation is 1. The zero-order chi connectivity index (χ0) is 22.5. The van der Waals surface area contributed by atoms with Crippen LogP contribution in [-0.4, -0.2) is 44.0 Å². The monoisotopic (exact) mass is 441 g/mol. The summed E-state index contributed by atoms with van der Waals surface area (Å²) in [4.78, 5) is 15.2. The van der Waals surface area contributed by atoms with Gasteiger partial charge in [-0.1, -0.05) is 49.4 Å². The first-order valence-electron chi connectivity index (χ1n) is 9.91. The molecule has 0 N–H and O–H groups in total. The van der Waals surface area contributed by atoms with Crippen LogP contribution in [0, 0.1) is 12.8 Å². The van der Waals surface area contributed by atoms with E-state index < -0.39 is 0 Å². The number of amides is 1. The molecule has 1 amide bonds. The molecule has 0 atom stereocenters. The summed E-state index contributed by atoms with van der Waals surface area (Å²) in [6, 6.07) is 11.3. The van der Waals surface area contributed by atoms with Crippen LogP contribution in [0.4, 0.5) is 5.13 Å². The highest BCUT2D eigenvalue weighted by Crippen LogP contribution is 2.39. The van der Waals surface area contributed by atoms with E-state index >= 15 is 0 Å². The fraction of sp³-hybridized carbons (Fsp3) is 0.348. The molecule has 0 aliphatic heterocycles. The van der Waals surface area contributed by atoms with Crippen LogP contribution in [0.5, 0.6) is 17.2 Å². The number of ether oxygens (including phenoxy) is 3. The predicted octanol–water partition coefficient (Wildman–Crippen LogP) is 4.84. The zero-order valence-electron chi connectivity index (χ0n) is 18.6. The van der Waals surface area contributed by atoms with Gasteiger partial charge in [-0.15, -0.1) is 10.2 Å². The maximum absolute atomic E-state index is 13.5. The molecule has 0 unspecified atom stereocenters. The molecule has 3 aromatic rings. The number of aromatic nitrogens is 2. The predicted molar refractivity (Wildman–Crippen MR) is 123 cm³/mol. The molecule has 2 aromatic carbocycles. The van der Waals surface area contributed by atoms with Gasteiger partial charge in [-0.2, -0.15) is 0 Å². The van der Waals surface area contributed by atoms with Gasteiger partial charge in [-0.3, -0.25) is 9.69 Å². The molecule has 0 aliphatic carbocycles. The Balaban J connectivity index is 2.02. The van der Waals surface area contributed by atoms with E-state index in [0.717, 1.165) is 16.1 Å². The van der Waals surface area contributed by atoms with Crippen molar-refractivity contribution in [1.29, 1.82) is 0 Å². The molecular formula is C23H27N3O4S. The van der Waals surface area contributed by atoms with Crippen molar-refractivity contribution in [2.45, 2.75) is 20.8 Å². The molecule has 1 aromatic heterocycles. The third kappa shape index (κ3) is 4.80. The SMILES string of the molecule is COc1cc(C(=O)N(CC(C)C)c2nnc(-c3ccccc3C)s2)cc(OC)c1OC. The van der Waals surface area contributed by atoms with Crippen LogP contribution in [0.2, 0.25) is 0 Å². The Morgan fingerprint density at radius 1 is 1.03 bits per heavy atom.